The summed E-state index contributed by atoms with van der Waals surface area (Å²) in [4.78, 5) is 0. The van der Waals surface area contributed by atoms with E-state index >= 15 is 0 Å². The van der Waals surface area contributed by atoms with Crippen LogP contribution in [0.25, 0.3) is 0 Å². The van der Waals surface area contributed by atoms with Gasteiger partial charge in [0.1, 0.15) is 0 Å². The molecule has 0 aromatic rings. The summed E-state index contributed by atoms with van der Waals surface area (Å²) in [6, 6.07) is 0. The van der Waals surface area contributed by atoms with E-state index in [1.54, 1.807) is 0 Å². The third kappa shape index (κ3) is 6.32. The van der Waals surface area contributed by atoms with Gasteiger partial charge in [-0.2, -0.15) is 0 Å². The molecule has 0 bridgehead atoms. The van der Waals surface area contributed by atoms with Gasteiger partial charge in [-0.05, 0) is 0 Å². The molecule has 0 aliphatic heterocycles. The summed E-state index contributed by atoms with van der Waals surface area (Å²) in [6.07, 6.45) is -0.551. The third-order valence-electron chi connectivity index (χ3n) is 0.719. The Balaban J connectivity index is 3.58. The van der Waals surface area contributed by atoms with E-state index in [1.165, 1.54) is 14.0 Å². The number of rotatable bonds is 4. The molecule has 0 fully saturated rings. The molecular formula is C4H11AsO5. The summed E-state index contributed by atoms with van der Waals surface area (Å²) in [5.74, 6) is 0. The minimum absolute atomic E-state index is 0.187. The van der Waals surface area contributed by atoms with Crippen LogP contribution in [-0.2, 0) is 12.2 Å². The molecule has 1 atom stereocenters. The van der Waals surface area contributed by atoms with Crippen molar-refractivity contribution in [2.45, 2.75) is 13.0 Å². The molecule has 0 amide bonds. The molecule has 0 aliphatic carbocycles. The molecule has 0 aromatic heterocycles. The Morgan fingerprint density at radius 2 is 2.10 bits per heavy atom. The van der Waals surface area contributed by atoms with Crippen molar-refractivity contribution in [1.82, 2.24) is 0 Å². The van der Waals surface area contributed by atoms with E-state index in [1.807, 2.05) is 0 Å². The van der Waals surface area contributed by atoms with E-state index in [0.29, 0.717) is 0 Å². The van der Waals surface area contributed by atoms with Gasteiger partial charge in [0.15, 0.2) is 0 Å². The van der Waals surface area contributed by atoms with Crippen LogP contribution in [0.5, 0.6) is 0 Å². The predicted molar refractivity (Wildman–Crippen MR) is 33.3 cm³/mol. The maximum absolute atomic E-state index is 10.2. The van der Waals surface area contributed by atoms with Gasteiger partial charge in [0.05, 0.1) is 0 Å². The van der Waals surface area contributed by atoms with Crippen LogP contribution in [0.4, 0.5) is 0 Å². The Labute approximate surface area is 62.3 Å². The van der Waals surface area contributed by atoms with Crippen LogP contribution in [0.1, 0.15) is 6.92 Å². The summed E-state index contributed by atoms with van der Waals surface area (Å²) in [5.41, 5.74) is 0. The van der Waals surface area contributed by atoms with E-state index in [4.69, 9.17) is 8.19 Å². The van der Waals surface area contributed by atoms with Crippen molar-refractivity contribution in [2.24, 2.45) is 0 Å². The molecule has 0 radical (unpaired) electrons. The SMILES string of the molecule is COCC(C)O[As](=O)(O)O. The fourth-order valence-electron chi connectivity index (χ4n) is 0.500. The number of methoxy groups -OCH3 is 1. The maximum atomic E-state index is 10.2. The van der Waals surface area contributed by atoms with Crippen LogP contribution in [0.2, 0.25) is 0 Å². The molecule has 5 nitrogen and oxygen atoms in total. The molecule has 0 aromatic carbocycles. The average molecular weight is 214 g/mol. The molecule has 0 saturated carbocycles. The summed E-state index contributed by atoms with van der Waals surface area (Å²) in [6.45, 7) is 1.72. The van der Waals surface area contributed by atoms with Crippen molar-refractivity contribution in [2.75, 3.05) is 13.7 Å². The van der Waals surface area contributed by atoms with Gasteiger partial charge in [-0.25, -0.2) is 0 Å². The Morgan fingerprint density at radius 1 is 1.60 bits per heavy atom. The van der Waals surface area contributed by atoms with Crippen LogP contribution in [0.3, 0.4) is 0 Å². The van der Waals surface area contributed by atoms with Gasteiger partial charge in [0, 0.05) is 0 Å². The molecule has 6 heteroatoms. The van der Waals surface area contributed by atoms with Crippen molar-refractivity contribution < 1.29 is 20.4 Å². The summed E-state index contributed by atoms with van der Waals surface area (Å²) in [7, 11) is 1.44. The van der Waals surface area contributed by atoms with E-state index in [-0.39, 0.29) is 6.61 Å². The summed E-state index contributed by atoms with van der Waals surface area (Å²) >= 11 is -4.89. The second kappa shape index (κ2) is 4.15. The molecule has 0 rings (SSSR count). The fourth-order valence-corrected chi connectivity index (χ4v) is 1.61. The Bertz CT molecular complexity index is 130. The number of ether oxygens (including phenoxy) is 1. The quantitative estimate of drug-likeness (QED) is 0.580. The zero-order valence-electron chi connectivity index (χ0n) is 5.85. The van der Waals surface area contributed by atoms with Gasteiger partial charge >= 0.3 is 61.7 Å². The first-order chi connectivity index (χ1) is 4.45. The van der Waals surface area contributed by atoms with Gasteiger partial charge in [0.25, 0.3) is 0 Å². The predicted octanol–water partition coefficient (Wildman–Crippen LogP) is -1.11. The van der Waals surface area contributed by atoms with Crippen LogP contribution in [-0.4, -0.2) is 42.5 Å². The van der Waals surface area contributed by atoms with Crippen molar-refractivity contribution in [3.63, 3.8) is 0 Å². The van der Waals surface area contributed by atoms with Crippen LogP contribution in [0, 0.1) is 0 Å². The fraction of sp³-hybridized carbons (Fsp3) is 1.00. The monoisotopic (exact) mass is 214 g/mol. The van der Waals surface area contributed by atoms with E-state index in [2.05, 4.69) is 8.46 Å². The third-order valence-corrected chi connectivity index (χ3v) is 2.05. The normalized spacial score (nSPS) is 15.2. The Kier molecular flexibility index (Phi) is 4.24. The Hall–Kier alpha value is 0.198. The topological polar surface area (TPSA) is 76.0 Å². The number of hydrogen-bond donors (Lipinski definition) is 2. The Morgan fingerprint density at radius 3 is 2.40 bits per heavy atom. The first-order valence-electron chi connectivity index (χ1n) is 2.68. The summed E-state index contributed by atoms with van der Waals surface area (Å²) in [5, 5.41) is 0. The first-order valence-corrected chi connectivity index (χ1v) is 5.89. The van der Waals surface area contributed by atoms with Crippen LogP contribution < -0.4 is 0 Å². The van der Waals surface area contributed by atoms with Crippen LogP contribution in [0.15, 0.2) is 0 Å². The average Bonchev–Trinajstić information content (AvgIpc) is 1.59. The molecule has 0 aliphatic rings. The standard InChI is InChI=1S/C4H11AsO5/c1-4(3-9-2)10-5(6,7)8/h4H,3H2,1-2H3,(H2,6,7,8). The second-order valence-corrected chi connectivity index (χ2v) is 4.36. The van der Waals surface area contributed by atoms with Gasteiger partial charge in [-0.15, -0.1) is 0 Å². The number of hydrogen-bond acceptors (Lipinski definition) is 3. The van der Waals surface area contributed by atoms with Crippen molar-refractivity contribution in [1.29, 1.82) is 0 Å². The minimum atomic E-state index is -4.89. The second-order valence-electron chi connectivity index (χ2n) is 1.86. The van der Waals surface area contributed by atoms with E-state index in [0.717, 1.165) is 0 Å². The van der Waals surface area contributed by atoms with Gasteiger partial charge in [-0.1, -0.05) is 0 Å². The molecule has 0 spiro atoms. The van der Waals surface area contributed by atoms with Gasteiger partial charge in [-0.3, -0.25) is 0 Å². The zero-order chi connectivity index (χ0) is 8.20. The van der Waals surface area contributed by atoms with Gasteiger partial charge in [0.2, 0.25) is 0 Å². The van der Waals surface area contributed by atoms with Gasteiger partial charge < -0.3 is 0 Å². The molecule has 1 unspecified atom stereocenters. The molecule has 0 saturated heterocycles. The van der Waals surface area contributed by atoms with E-state index < -0.39 is 20.6 Å². The van der Waals surface area contributed by atoms with Crippen molar-refractivity contribution >= 4 is 14.5 Å². The molecule has 10 heavy (non-hydrogen) atoms. The molecule has 0 heterocycles. The molecular weight excluding hydrogens is 203 g/mol. The molecule has 62 valence electrons. The van der Waals surface area contributed by atoms with Crippen molar-refractivity contribution in [3.8, 4) is 0 Å². The van der Waals surface area contributed by atoms with Crippen molar-refractivity contribution in [3.05, 3.63) is 0 Å². The summed E-state index contributed by atoms with van der Waals surface area (Å²) < 4.78 is 35.7. The van der Waals surface area contributed by atoms with Crippen LogP contribution >= 0.6 is 0 Å². The van der Waals surface area contributed by atoms with E-state index in [9.17, 15) is 3.74 Å². The zero-order valence-corrected chi connectivity index (χ0v) is 7.73. The first kappa shape index (κ1) is 10.2. The molecule has 2 N–H and O–H groups in total.